The van der Waals surface area contributed by atoms with E-state index in [0.29, 0.717) is 0 Å². The summed E-state index contributed by atoms with van der Waals surface area (Å²) in [4.78, 5) is 10.2. The van der Waals surface area contributed by atoms with Crippen LogP contribution < -0.4 is 5.32 Å². The lowest BCUT2D eigenvalue weighted by Gasteiger charge is -2.16. The molecule has 0 saturated carbocycles. The lowest BCUT2D eigenvalue weighted by molar-refractivity contribution is -0.384. The quantitative estimate of drug-likeness (QED) is 0.571. The van der Waals surface area contributed by atoms with Gasteiger partial charge >= 0.3 is 0 Å². The van der Waals surface area contributed by atoms with E-state index >= 15 is 0 Å². The standard InChI is InChI=1S/C9H9ClN2O2/c10-8-3-7-5-11-2-1-6(7)4-9(8)12(13)14/h3-4,11H,1-2,5H2. The number of hydrogen-bond donors (Lipinski definition) is 1. The highest BCUT2D eigenvalue weighted by molar-refractivity contribution is 6.32. The number of hydrogen-bond acceptors (Lipinski definition) is 3. The minimum atomic E-state index is -0.440. The third-order valence-electron chi connectivity index (χ3n) is 2.35. The van der Waals surface area contributed by atoms with Crippen molar-refractivity contribution in [1.29, 1.82) is 0 Å². The van der Waals surface area contributed by atoms with E-state index in [-0.39, 0.29) is 10.7 Å². The molecule has 1 aliphatic heterocycles. The molecular formula is C9H9ClN2O2. The highest BCUT2D eigenvalue weighted by atomic mass is 35.5. The fourth-order valence-corrected chi connectivity index (χ4v) is 1.88. The number of nitrogens with zero attached hydrogens (tertiary/aromatic N) is 1. The van der Waals surface area contributed by atoms with Gasteiger partial charge < -0.3 is 5.32 Å². The molecule has 0 spiro atoms. The van der Waals surface area contributed by atoms with Crippen LogP contribution in [0, 0.1) is 10.1 Å². The number of nitrogens with one attached hydrogen (secondary N) is 1. The Morgan fingerprint density at radius 3 is 2.93 bits per heavy atom. The highest BCUT2D eigenvalue weighted by Gasteiger charge is 2.18. The van der Waals surface area contributed by atoms with Gasteiger partial charge in [-0.1, -0.05) is 11.6 Å². The molecule has 1 heterocycles. The molecule has 0 radical (unpaired) electrons. The number of nitro groups is 1. The molecule has 0 amide bonds. The van der Waals surface area contributed by atoms with Gasteiger partial charge in [-0.05, 0) is 30.2 Å². The average Bonchev–Trinajstić information content (AvgIpc) is 2.16. The van der Waals surface area contributed by atoms with Crippen LogP contribution in [0.5, 0.6) is 0 Å². The van der Waals surface area contributed by atoms with Crippen LogP contribution in [0.3, 0.4) is 0 Å². The summed E-state index contributed by atoms with van der Waals surface area (Å²) in [5, 5.41) is 14.0. The van der Waals surface area contributed by atoms with Gasteiger partial charge in [-0.15, -0.1) is 0 Å². The van der Waals surface area contributed by atoms with Gasteiger partial charge in [0.05, 0.1) is 4.92 Å². The number of benzene rings is 1. The van der Waals surface area contributed by atoms with E-state index in [1.165, 1.54) is 0 Å². The molecule has 14 heavy (non-hydrogen) atoms. The summed E-state index contributed by atoms with van der Waals surface area (Å²) in [6, 6.07) is 3.26. The lowest BCUT2D eigenvalue weighted by Crippen LogP contribution is -2.23. The zero-order valence-corrected chi connectivity index (χ0v) is 8.17. The van der Waals surface area contributed by atoms with Crippen LogP contribution in [-0.4, -0.2) is 11.5 Å². The molecule has 0 atom stereocenters. The number of nitro benzene ring substituents is 1. The summed E-state index contributed by atoms with van der Waals surface area (Å²) in [7, 11) is 0. The number of rotatable bonds is 1. The third-order valence-corrected chi connectivity index (χ3v) is 2.66. The minimum Gasteiger partial charge on any atom is -0.312 e. The van der Waals surface area contributed by atoms with Crippen molar-refractivity contribution in [2.24, 2.45) is 0 Å². The molecule has 0 aromatic heterocycles. The first-order valence-electron chi connectivity index (χ1n) is 4.35. The van der Waals surface area contributed by atoms with Crippen molar-refractivity contribution in [1.82, 2.24) is 5.32 Å². The van der Waals surface area contributed by atoms with Crippen LogP contribution in [0.25, 0.3) is 0 Å². The maximum Gasteiger partial charge on any atom is 0.288 e. The summed E-state index contributed by atoms with van der Waals surface area (Å²) >= 11 is 5.79. The lowest BCUT2D eigenvalue weighted by atomic mass is 10.0. The first-order valence-corrected chi connectivity index (χ1v) is 4.72. The predicted molar refractivity (Wildman–Crippen MR) is 53.5 cm³/mol. The van der Waals surface area contributed by atoms with E-state index < -0.39 is 4.92 Å². The van der Waals surface area contributed by atoms with E-state index in [2.05, 4.69) is 5.32 Å². The molecule has 1 N–H and O–H groups in total. The molecule has 0 fully saturated rings. The second kappa shape index (κ2) is 3.55. The number of fused-ring (bicyclic) bond motifs is 1. The fourth-order valence-electron chi connectivity index (χ4n) is 1.63. The van der Waals surface area contributed by atoms with Gasteiger partial charge in [-0.2, -0.15) is 0 Å². The van der Waals surface area contributed by atoms with E-state index in [1.54, 1.807) is 12.1 Å². The van der Waals surface area contributed by atoms with E-state index in [0.717, 1.165) is 30.6 Å². The first kappa shape index (κ1) is 9.43. The summed E-state index contributed by atoms with van der Waals surface area (Å²) in [5.74, 6) is 0. The summed E-state index contributed by atoms with van der Waals surface area (Å²) in [6.07, 6.45) is 0.827. The van der Waals surface area contributed by atoms with Crippen molar-refractivity contribution in [3.63, 3.8) is 0 Å². The molecule has 1 aromatic rings. The van der Waals surface area contributed by atoms with Crippen LogP contribution in [-0.2, 0) is 13.0 Å². The molecule has 2 rings (SSSR count). The van der Waals surface area contributed by atoms with Crippen LogP contribution in [0.15, 0.2) is 12.1 Å². The van der Waals surface area contributed by atoms with Crippen molar-refractivity contribution in [3.8, 4) is 0 Å². The second-order valence-electron chi connectivity index (χ2n) is 3.26. The summed E-state index contributed by atoms with van der Waals surface area (Å²) in [5.41, 5.74) is 2.10. The van der Waals surface area contributed by atoms with Gasteiger partial charge in [0, 0.05) is 12.6 Å². The van der Waals surface area contributed by atoms with Crippen molar-refractivity contribution in [3.05, 3.63) is 38.4 Å². The van der Waals surface area contributed by atoms with E-state index in [9.17, 15) is 10.1 Å². The minimum absolute atomic E-state index is 0.00677. The predicted octanol–water partition coefficient (Wildman–Crippen LogP) is 1.89. The zero-order valence-electron chi connectivity index (χ0n) is 7.42. The van der Waals surface area contributed by atoms with Gasteiger partial charge in [0.15, 0.2) is 0 Å². The molecule has 0 saturated heterocycles. The maximum absolute atomic E-state index is 10.6. The van der Waals surface area contributed by atoms with Crippen LogP contribution >= 0.6 is 11.6 Å². The van der Waals surface area contributed by atoms with Crippen LogP contribution in [0.2, 0.25) is 5.02 Å². The Kier molecular flexibility index (Phi) is 2.39. The Morgan fingerprint density at radius 2 is 2.21 bits per heavy atom. The normalized spacial score (nSPS) is 14.9. The van der Waals surface area contributed by atoms with Gasteiger partial charge in [0.1, 0.15) is 5.02 Å². The van der Waals surface area contributed by atoms with E-state index in [1.807, 2.05) is 0 Å². The molecule has 74 valence electrons. The Balaban J connectivity index is 2.50. The molecule has 0 bridgehead atoms. The maximum atomic E-state index is 10.6. The molecule has 4 nitrogen and oxygen atoms in total. The van der Waals surface area contributed by atoms with Gasteiger partial charge in [-0.25, -0.2) is 0 Å². The molecule has 1 aliphatic rings. The van der Waals surface area contributed by atoms with Crippen LogP contribution in [0.1, 0.15) is 11.1 Å². The van der Waals surface area contributed by atoms with Gasteiger partial charge in [0.2, 0.25) is 0 Å². The first-order chi connectivity index (χ1) is 6.68. The van der Waals surface area contributed by atoms with Crippen molar-refractivity contribution < 1.29 is 4.92 Å². The molecule has 1 aromatic carbocycles. The van der Waals surface area contributed by atoms with Gasteiger partial charge in [-0.3, -0.25) is 10.1 Å². The largest absolute Gasteiger partial charge is 0.312 e. The average molecular weight is 213 g/mol. The van der Waals surface area contributed by atoms with Gasteiger partial charge in [0.25, 0.3) is 5.69 Å². The monoisotopic (exact) mass is 212 g/mol. The van der Waals surface area contributed by atoms with Crippen molar-refractivity contribution in [2.75, 3.05) is 6.54 Å². The van der Waals surface area contributed by atoms with E-state index in [4.69, 9.17) is 11.6 Å². The third kappa shape index (κ3) is 1.58. The fraction of sp³-hybridized carbons (Fsp3) is 0.333. The second-order valence-corrected chi connectivity index (χ2v) is 3.66. The zero-order chi connectivity index (χ0) is 10.1. The smallest absolute Gasteiger partial charge is 0.288 e. The summed E-state index contributed by atoms with van der Waals surface area (Å²) in [6.45, 7) is 1.61. The topological polar surface area (TPSA) is 55.2 Å². The molecule has 0 unspecified atom stereocenters. The Hall–Kier alpha value is -1.13. The van der Waals surface area contributed by atoms with Crippen LogP contribution in [0.4, 0.5) is 5.69 Å². The Labute approximate surface area is 86.0 Å². The highest BCUT2D eigenvalue weighted by Crippen LogP contribution is 2.29. The Morgan fingerprint density at radius 1 is 1.43 bits per heavy atom. The van der Waals surface area contributed by atoms with Crippen molar-refractivity contribution >= 4 is 17.3 Å². The summed E-state index contributed by atoms with van der Waals surface area (Å²) < 4.78 is 0. The SMILES string of the molecule is O=[N+]([O-])c1cc2c(cc1Cl)CNCC2. The Bertz CT molecular complexity index is 393. The van der Waals surface area contributed by atoms with Crippen molar-refractivity contribution in [2.45, 2.75) is 13.0 Å². The molecule has 0 aliphatic carbocycles. The molecular weight excluding hydrogens is 204 g/mol. The number of halogens is 1. The molecule has 5 heteroatoms.